The number of fused-ring (bicyclic) bond motifs is 1. The van der Waals surface area contributed by atoms with Crippen molar-refractivity contribution in [1.29, 1.82) is 0 Å². The number of hydrogen-bond donors (Lipinski definition) is 1. The number of aliphatic hydroxyl groups excluding tert-OH is 1. The number of amides is 1. The van der Waals surface area contributed by atoms with E-state index in [9.17, 15) is 19.8 Å². The van der Waals surface area contributed by atoms with E-state index in [2.05, 4.69) is 0 Å². The Labute approximate surface area is 113 Å². The molecule has 1 saturated heterocycles. The van der Waals surface area contributed by atoms with E-state index in [4.69, 9.17) is 0 Å². The molecule has 0 bridgehead atoms. The Morgan fingerprint density at radius 2 is 2.33 bits per heavy atom. The molecule has 0 aromatic heterocycles. The van der Waals surface area contributed by atoms with E-state index in [0.29, 0.717) is 0 Å². The Morgan fingerprint density at radius 1 is 1.73 bits per heavy atom. The monoisotopic (exact) mass is 237 g/mol. The molecule has 76 valence electrons. The van der Waals surface area contributed by atoms with Crippen LogP contribution in [0.15, 0.2) is 11.1 Å². The number of rotatable bonds is 2. The summed E-state index contributed by atoms with van der Waals surface area (Å²) in [7, 11) is 0. The zero-order valence-corrected chi connectivity index (χ0v) is 11.2. The van der Waals surface area contributed by atoms with Gasteiger partial charge < -0.3 is 15.0 Å². The molecule has 0 spiro atoms. The Bertz CT molecular complexity index is 344. The summed E-state index contributed by atoms with van der Waals surface area (Å²) in [5.41, 5.74) is -0.0955. The number of carboxylic acids is 1. The standard InChI is InChI=1S/C8H9NO4S.Na/c1-3(10)5-6(11)9-4(8(12)13)2-14-7(5)9;/h2-3,5,7,10H,1H3,(H,12,13);/q;+1/p-1/t3?,5-,7-;/m0./s1. The van der Waals surface area contributed by atoms with Crippen LogP contribution in [0.2, 0.25) is 0 Å². The Kier molecular flexibility index (Phi) is 3.89. The molecule has 2 aliphatic heterocycles. The minimum Gasteiger partial charge on any atom is -0.543 e. The predicted octanol–water partition coefficient (Wildman–Crippen LogP) is -4.51. The molecule has 7 heteroatoms. The summed E-state index contributed by atoms with van der Waals surface area (Å²) >= 11 is 1.23. The summed E-state index contributed by atoms with van der Waals surface area (Å²) in [6, 6.07) is 0. The van der Waals surface area contributed by atoms with E-state index in [0.717, 1.165) is 4.90 Å². The second kappa shape index (κ2) is 4.47. The second-order valence-corrected chi connectivity index (χ2v) is 4.28. The first kappa shape index (κ1) is 13.1. The molecule has 1 amide bonds. The number of aliphatic hydroxyl groups is 1. The van der Waals surface area contributed by atoms with Crippen molar-refractivity contribution < 1.29 is 49.4 Å². The first-order valence-corrected chi connectivity index (χ1v) is 5.06. The van der Waals surface area contributed by atoms with Gasteiger partial charge in [0.25, 0.3) is 0 Å². The summed E-state index contributed by atoms with van der Waals surface area (Å²) < 4.78 is 0. The Balaban J connectivity index is 0.00000112. The molecule has 2 aliphatic rings. The molecule has 5 nitrogen and oxygen atoms in total. The van der Waals surface area contributed by atoms with Crippen molar-refractivity contribution >= 4 is 23.6 Å². The van der Waals surface area contributed by atoms with Gasteiger partial charge in [-0.15, -0.1) is 11.8 Å². The fourth-order valence-electron chi connectivity index (χ4n) is 1.67. The van der Waals surface area contributed by atoms with Crippen LogP contribution in [0.1, 0.15) is 6.92 Å². The fraction of sp³-hybridized carbons (Fsp3) is 0.500. The maximum Gasteiger partial charge on any atom is 1.00 e. The fourth-order valence-corrected chi connectivity index (χ4v) is 3.00. The summed E-state index contributed by atoms with van der Waals surface area (Å²) in [6.07, 6.45) is -0.745. The van der Waals surface area contributed by atoms with Gasteiger partial charge in [-0.25, -0.2) is 0 Å². The minimum absolute atomic E-state index is 0. The molecule has 0 aromatic carbocycles. The van der Waals surface area contributed by atoms with E-state index in [1.54, 1.807) is 0 Å². The molecule has 2 rings (SSSR count). The predicted molar refractivity (Wildman–Crippen MR) is 46.5 cm³/mol. The van der Waals surface area contributed by atoms with Crippen LogP contribution in [0.3, 0.4) is 0 Å². The number of carbonyl (C=O) groups excluding carboxylic acids is 2. The molecule has 0 saturated carbocycles. The van der Waals surface area contributed by atoms with Gasteiger partial charge in [-0.1, -0.05) is 0 Å². The number of nitrogens with zero attached hydrogens (tertiary/aromatic N) is 1. The van der Waals surface area contributed by atoms with Crippen LogP contribution in [-0.4, -0.2) is 33.4 Å². The van der Waals surface area contributed by atoms with Crippen LogP contribution in [0.4, 0.5) is 0 Å². The molecule has 0 aliphatic carbocycles. The van der Waals surface area contributed by atoms with Gasteiger partial charge in [0, 0.05) is 0 Å². The van der Waals surface area contributed by atoms with Crippen molar-refractivity contribution in [2.24, 2.45) is 5.92 Å². The number of β-lactam (4-membered cyclic amide) rings is 1. The third-order valence-electron chi connectivity index (χ3n) is 2.39. The summed E-state index contributed by atoms with van der Waals surface area (Å²) in [6.45, 7) is 1.53. The van der Waals surface area contributed by atoms with E-state index < -0.39 is 18.0 Å². The zero-order valence-electron chi connectivity index (χ0n) is 8.34. The van der Waals surface area contributed by atoms with E-state index >= 15 is 0 Å². The van der Waals surface area contributed by atoms with E-state index in [1.807, 2.05) is 0 Å². The third kappa shape index (κ3) is 1.85. The molecule has 0 aromatic rings. The van der Waals surface area contributed by atoms with Crippen molar-refractivity contribution in [3.8, 4) is 0 Å². The molecule has 3 atom stereocenters. The van der Waals surface area contributed by atoms with Crippen molar-refractivity contribution in [3.63, 3.8) is 0 Å². The second-order valence-electron chi connectivity index (χ2n) is 3.29. The quantitative estimate of drug-likeness (QED) is 0.387. The summed E-state index contributed by atoms with van der Waals surface area (Å²) in [5, 5.41) is 21.0. The molecule has 0 radical (unpaired) electrons. The van der Waals surface area contributed by atoms with Gasteiger partial charge in [-0.05, 0) is 12.3 Å². The van der Waals surface area contributed by atoms with E-state index in [-0.39, 0.29) is 46.5 Å². The zero-order chi connectivity index (χ0) is 10.5. The largest absolute Gasteiger partial charge is 1.00 e. The van der Waals surface area contributed by atoms with Crippen molar-refractivity contribution in [1.82, 2.24) is 4.90 Å². The topological polar surface area (TPSA) is 80.7 Å². The minimum atomic E-state index is -1.35. The average Bonchev–Trinajstić information content (AvgIpc) is 2.42. The van der Waals surface area contributed by atoms with Crippen LogP contribution >= 0.6 is 11.8 Å². The van der Waals surface area contributed by atoms with Crippen molar-refractivity contribution in [3.05, 3.63) is 11.1 Å². The van der Waals surface area contributed by atoms with Gasteiger partial charge in [0.2, 0.25) is 5.91 Å². The molecule has 1 fully saturated rings. The van der Waals surface area contributed by atoms with Gasteiger partial charge in [0.15, 0.2) is 0 Å². The van der Waals surface area contributed by atoms with Crippen LogP contribution in [0.5, 0.6) is 0 Å². The number of carbonyl (C=O) groups is 2. The number of hydrogen-bond acceptors (Lipinski definition) is 5. The average molecular weight is 237 g/mol. The van der Waals surface area contributed by atoms with Crippen molar-refractivity contribution in [2.45, 2.75) is 18.4 Å². The van der Waals surface area contributed by atoms with Gasteiger partial charge in [0.1, 0.15) is 5.37 Å². The molecule has 1 unspecified atom stereocenters. The third-order valence-corrected chi connectivity index (χ3v) is 3.53. The smallest absolute Gasteiger partial charge is 0.543 e. The molecule has 15 heavy (non-hydrogen) atoms. The van der Waals surface area contributed by atoms with Crippen LogP contribution < -0.4 is 34.7 Å². The maximum absolute atomic E-state index is 11.4. The first-order chi connectivity index (χ1) is 6.54. The van der Waals surface area contributed by atoms with E-state index in [1.165, 1.54) is 24.1 Å². The maximum atomic E-state index is 11.4. The van der Waals surface area contributed by atoms with Crippen molar-refractivity contribution in [2.75, 3.05) is 0 Å². The number of thioether (sulfide) groups is 1. The van der Waals surface area contributed by atoms with Gasteiger partial charge in [-0.2, -0.15) is 0 Å². The van der Waals surface area contributed by atoms with Gasteiger partial charge in [-0.3, -0.25) is 9.69 Å². The number of carboxylic acid groups (broad SMARTS) is 1. The molecular formula is C8H8NNaO4S. The number of aliphatic carboxylic acids is 1. The first-order valence-electron chi connectivity index (χ1n) is 4.12. The normalized spacial score (nSPS) is 29.9. The molecular weight excluding hydrogens is 229 g/mol. The van der Waals surface area contributed by atoms with Crippen LogP contribution in [0, 0.1) is 5.92 Å². The Hall–Kier alpha value is -0.01000. The van der Waals surface area contributed by atoms with Gasteiger partial charge >= 0.3 is 29.6 Å². The SMILES string of the molecule is CC(O)[C@H]1C(=O)N2C(C(=O)[O-])=CS[C@@H]12.[Na+]. The Morgan fingerprint density at radius 3 is 2.80 bits per heavy atom. The molecule has 1 N–H and O–H groups in total. The summed E-state index contributed by atoms with van der Waals surface area (Å²) in [4.78, 5) is 23.1. The van der Waals surface area contributed by atoms with Crippen LogP contribution in [-0.2, 0) is 9.59 Å². The van der Waals surface area contributed by atoms with Gasteiger partial charge in [0.05, 0.1) is 23.7 Å². The molecule has 2 heterocycles. The van der Waals surface area contributed by atoms with Crippen LogP contribution in [0.25, 0.3) is 0 Å². The summed E-state index contributed by atoms with van der Waals surface area (Å²) in [5.74, 6) is -2.18.